The summed E-state index contributed by atoms with van der Waals surface area (Å²) < 4.78 is 7.79. The van der Waals surface area contributed by atoms with Crippen molar-refractivity contribution in [3.8, 4) is 39.1 Å². The lowest BCUT2D eigenvalue weighted by molar-refractivity contribution is 0.590. The Kier molecular flexibility index (Phi) is 9.70. The number of para-hydroxylation sites is 2. The Bertz CT molecular complexity index is 4670. The Hall–Kier alpha value is -8.13. The fourth-order valence-corrected chi connectivity index (χ4v) is 15.9. The molecule has 76 heavy (non-hydrogen) atoms. The van der Waals surface area contributed by atoms with E-state index in [1.165, 1.54) is 139 Å². The average molecular weight is 1020 g/mol. The van der Waals surface area contributed by atoms with Gasteiger partial charge in [-0.15, -0.1) is 22.7 Å². The van der Waals surface area contributed by atoms with Gasteiger partial charge in [-0.05, 0) is 140 Å². The molecule has 14 aromatic rings. The Morgan fingerprint density at radius 1 is 0.355 bits per heavy atom. The minimum atomic E-state index is 0.00926. The second-order valence-electron chi connectivity index (χ2n) is 21.6. The second kappa shape index (κ2) is 16.7. The van der Waals surface area contributed by atoms with Crippen molar-refractivity contribution < 1.29 is 0 Å². The summed E-state index contributed by atoms with van der Waals surface area (Å²) in [5.41, 5.74) is 19.9. The fraction of sp³-hybridized carbons (Fsp3) is 0.0571. The number of nitrogens with zero attached hydrogens (tertiary/aromatic N) is 2. The number of thiophene rings is 2. The standard InChI is InChI=1S/C70H47BN2S3/c1-70(2,3)48-28-20-42(21-29-48)43-22-30-49(31-23-43)72-61-38-46(44-26-34-65-55(36-44)53-14-6-10-18-63(53)74-65)24-32-57(61)71-58-33-25-47(45-27-35-66-56(37-45)54-15-7-11-19-64(54)75-66)39-67(58)76-68-41-50(40-62(72)69(68)71)73-59-16-8-4-12-51(59)52-13-5-9-17-60(52)73/h4-41H,1-3H3. The average Bonchev–Trinajstić information content (AvgIpc) is 4.19. The van der Waals surface area contributed by atoms with Crippen LogP contribution in [-0.4, -0.2) is 11.3 Å². The van der Waals surface area contributed by atoms with Crippen LogP contribution in [0.5, 0.6) is 0 Å². The summed E-state index contributed by atoms with van der Waals surface area (Å²) in [6.07, 6.45) is 0. The largest absolute Gasteiger partial charge is 0.311 e. The molecule has 2 aliphatic heterocycles. The first kappa shape index (κ1) is 44.2. The van der Waals surface area contributed by atoms with Crippen molar-refractivity contribution in [2.75, 3.05) is 4.90 Å². The Morgan fingerprint density at radius 3 is 1.45 bits per heavy atom. The van der Waals surface area contributed by atoms with Crippen LogP contribution in [0.25, 0.3) is 101 Å². The molecule has 11 aromatic carbocycles. The molecule has 0 bridgehead atoms. The summed E-state index contributed by atoms with van der Waals surface area (Å²) in [6, 6.07) is 87.6. The predicted octanol–water partition coefficient (Wildman–Crippen LogP) is 18.6. The van der Waals surface area contributed by atoms with E-state index >= 15 is 0 Å². The zero-order valence-corrected chi connectivity index (χ0v) is 44.6. The van der Waals surface area contributed by atoms with Gasteiger partial charge < -0.3 is 9.47 Å². The van der Waals surface area contributed by atoms with E-state index in [0.29, 0.717) is 0 Å². The molecule has 0 saturated carbocycles. The van der Waals surface area contributed by atoms with Gasteiger partial charge in [-0.3, -0.25) is 0 Å². The zero-order chi connectivity index (χ0) is 50.4. The van der Waals surface area contributed by atoms with Crippen LogP contribution in [0.2, 0.25) is 0 Å². The third-order valence-electron chi connectivity index (χ3n) is 16.2. The van der Waals surface area contributed by atoms with Crippen LogP contribution < -0.4 is 21.3 Å². The minimum Gasteiger partial charge on any atom is -0.311 e. The molecule has 16 rings (SSSR count). The first-order chi connectivity index (χ1) is 37.3. The van der Waals surface area contributed by atoms with Crippen molar-refractivity contribution in [2.24, 2.45) is 0 Å². The normalized spacial score (nSPS) is 13.1. The van der Waals surface area contributed by atoms with Gasteiger partial charge >= 0.3 is 0 Å². The van der Waals surface area contributed by atoms with Crippen molar-refractivity contribution >= 4 is 137 Å². The van der Waals surface area contributed by atoms with E-state index in [0.717, 1.165) is 11.4 Å². The second-order valence-corrected chi connectivity index (χ2v) is 24.9. The first-order valence-corrected chi connectivity index (χ1v) is 28.7. The number of rotatable bonds is 5. The van der Waals surface area contributed by atoms with Crippen molar-refractivity contribution in [1.82, 2.24) is 4.57 Å². The van der Waals surface area contributed by atoms with Crippen molar-refractivity contribution in [3.05, 3.63) is 236 Å². The molecule has 2 aliphatic rings. The number of hydrogen-bond donors (Lipinski definition) is 0. The predicted molar refractivity (Wildman–Crippen MR) is 331 cm³/mol. The van der Waals surface area contributed by atoms with Gasteiger partial charge in [-0.2, -0.15) is 0 Å². The zero-order valence-electron chi connectivity index (χ0n) is 42.1. The lowest BCUT2D eigenvalue weighted by atomic mass is 9.34. The molecule has 6 heteroatoms. The van der Waals surface area contributed by atoms with Gasteiger partial charge in [0, 0.05) is 83.7 Å². The molecule has 0 amide bonds. The first-order valence-electron chi connectivity index (χ1n) is 26.2. The number of fused-ring (bicyclic) bond motifs is 13. The molecular formula is C70H47BN2S3. The van der Waals surface area contributed by atoms with Crippen molar-refractivity contribution in [3.63, 3.8) is 0 Å². The van der Waals surface area contributed by atoms with Gasteiger partial charge in [0.15, 0.2) is 0 Å². The summed E-state index contributed by atoms with van der Waals surface area (Å²) in [4.78, 5) is 5.17. The quantitative estimate of drug-likeness (QED) is 0.159. The van der Waals surface area contributed by atoms with E-state index in [4.69, 9.17) is 0 Å². The van der Waals surface area contributed by atoms with E-state index in [1.54, 1.807) is 0 Å². The maximum absolute atomic E-state index is 2.58. The highest BCUT2D eigenvalue weighted by atomic mass is 32.2. The molecule has 0 fully saturated rings. The highest BCUT2D eigenvalue weighted by Crippen LogP contribution is 2.47. The van der Waals surface area contributed by atoms with E-state index in [-0.39, 0.29) is 12.1 Å². The van der Waals surface area contributed by atoms with Crippen molar-refractivity contribution in [1.29, 1.82) is 0 Å². The van der Waals surface area contributed by atoms with Crippen LogP contribution in [0, 0.1) is 0 Å². The molecule has 3 aromatic heterocycles. The van der Waals surface area contributed by atoms with Crippen LogP contribution in [0.1, 0.15) is 26.3 Å². The maximum Gasteiger partial charge on any atom is 0.249 e. The Balaban J connectivity index is 0.930. The lowest BCUT2D eigenvalue weighted by Gasteiger charge is -2.41. The van der Waals surface area contributed by atoms with Gasteiger partial charge in [-0.25, -0.2) is 0 Å². The molecule has 0 aliphatic carbocycles. The number of anilines is 3. The van der Waals surface area contributed by atoms with Crippen LogP contribution in [0.3, 0.4) is 0 Å². The Morgan fingerprint density at radius 2 is 0.842 bits per heavy atom. The summed E-state index contributed by atoms with van der Waals surface area (Å²) in [7, 11) is 0. The van der Waals surface area contributed by atoms with Gasteiger partial charge in [-0.1, -0.05) is 184 Å². The minimum absolute atomic E-state index is 0.00926. The molecule has 358 valence electrons. The van der Waals surface area contributed by atoms with E-state index in [2.05, 4.69) is 261 Å². The SMILES string of the molecule is CC(C)(C)c1ccc(-c2ccc(N3c4cc(-c5ccc6sc7ccccc7c6c5)ccc4B4c5ccc(-c6ccc7sc8ccccc8c7c6)cc5Sc5cc(-n6c7ccccc7c7ccccc76)cc3c54)cc2)cc1. The summed E-state index contributed by atoms with van der Waals surface area (Å²) >= 11 is 5.68. The lowest BCUT2D eigenvalue weighted by Crippen LogP contribution is -2.59. The van der Waals surface area contributed by atoms with E-state index in [1.807, 2.05) is 34.4 Å². The van der Waals surface area contributed by atoms with Crippen LogP contribution >= 0.6 is 34.4 Å². The van der Waals surface area contributed by atoms with Crippen LogP contribution in [-0.2, 0) is 5.41 Å². The number of hydrogen-bond acceptors (Lipinski definition) is 4. The summed E-state index contributed by atoms with van der Waals surface area (Å²) in [5, 5.41) is 7.79. The van der Waals surface area contributed by atoms with Crippen LogP contribution in [0.15, 0.2) is 240 Å². The molecule has 5 heterocycles. The molecule has 0 spiro atoms. The molecule has 2 nitrogen and oxygen atoms in total. The van der Waals surface area contributed by atoms with E-state index < -0.39 is 0 Å². The third-order valence-corrected chi connectivity index (χ3v) is 19.7. The highest BCUT2D eigenvalue weighted by molar-refractivity contribution is 8.00. The number of benzene rings is 11. The maximum atomic E-state index is 2.58. The highest BCUT2D eigenvalue weighted by Gasteiger charge is 2.42. The molecule has 0 radical (unpaired) electrons. The number of aromatic nitrogens is 1. The van der Waals surface area contributed by atoms with Gasteiger partial charge in [0.05, 0.1) is 11.0 Å². The third kappa shape index (κ3) is 6.80. The van der Waals surface area contributed by atoms with Crippen LogP contribution in [0.4, 0.5) is 17.1 Å². The monoisotopic (exact) mass is 1020 g/mol. The Labute approximate surface area is 454 Å². The topological polar surface area (TPSA) is 8.17 Å². The summed E-state index contributed by atoms with van der Waals surface area (Å²) in [5.74, 6) is 0. The molecule has 0 atom stereocenters. The summed E-state index contributed by atoms with van der Waals surface area (Å²) in [6.45, 7) is 6.85. The molecule has 0 unspecified atom stereocenters. The van der Waals surface area contributed by atoms with Gasteiger partial charge in [0.2, 0.25) is 6.71 Å². The fourth-order valence-electron chi connectivity index (χ4n) is 12.5. The smallest absolute Gasteiger partial charge is 0.249 e. The molecular weight excluding hydrogens is 976 g/mol. The van der Waals surface area contributed by atoms with Gasteiger partial charge in [0.25, 0.3) is 0 Å². The van der Waals surface area contributed by atoms with Crippen molar-refractivity contribution in [2.45, 2.75) is 36.0 Å². The van der Waals surface area contributed by atoms with Gasteiger partial charge in [0.1, 0.15) is 0 Å². The molecule has 0 N–H and O–H groups in total. The van der Waals surface area contributed by atoms with E-state index in [9.17, 15) is 0 Å². The molecule has 0 saturated heterocycles.